The number of epoxide rings is 1. The van der Waals surface area contributed by atoms with Crippen LogP contribution in [-0.4, -0.2) is 51.7 Å². The van der Waals surface area contributed by atoms with Crippen LogP contribution in [0.25, 0.3) is 0 Å². The summed E-state index contributed by atoms with van der Waals surface area (Å²) >= 11 is 0. The zero-order valence-electron chi connectivity index (χ0n) is 21.1. The lowest BCUT2D eigenvalue weighted by molar-refractivity contribution is -0.406. The maximum Gasteiger partial charge on any atom is 0.285 e. The molecule has 2 atom stereocenters. The van der Waals surface area contributed by atoms with Crippen molar-refractivity contribution >= 4 is 0 Å². The third-order valence-electron chi connectivity index (χ3n) is 5.73. The number of ether oxygens (including phenoxy) is 5. The van der Waals surface area contributed by atoms with Gasteiger partial charge >= 0.3 is 0 Å². The second-order valence-electron chi connectivity index (χ2n) is 8.93. The van der Waals surface area contributed by atoms with Gasteiger partial charge in [-0.2, -0.15) is 0 Å². The highest BCUT2D eigenvalue weighted by Crippen LogP contribution is 2.35. The van der Waals surface area contributed by atoms with E-state index in [2.05, 4.69) is 27.7 Å². The van der Waals surface area contributed by atoms with E-state index < -0.39 is 5.97 Å². The van der Waals surface area contributed by atoms with Gasteiger partial charge in [0, 0.05) is 12.5 Å². The topological polar surface area (TPSA) is 49.5 Å². The molecule has 1 fully saturated rings. The van der Waals surface area contributed by atoms with Gasteiger partial charge in [-0.15, -0.1) is 0 Å². The van der Waals surface area contributed by atoms with E-state index in [1.165, 1.54) is 38.5 Å². The Hall–Kier alpha value is -0.200. The van der Waals surface area contributed by atoms with Crippen molar-refractivity contribution < 1.29 is 23.7 Å². The molecule has 1 saturated heterocycles. The highest BCUT2D eigenvalue weighted by atomic mass is 16.9. The van der Waals surface area contributed by atoms with Crippen LogP contribution < -0.4 is 0 Å². The first kappa shape index (κ1) is 28.8. The van der Waals surface area contributed by atoms with Crippen LogP contribution in [0.15, 0.2) is 0 Å². The number of hydrogen-bond donors (Lipinski definition) is 0. The molecule has 0 bridgehead atoms. The maximum atomic E-state index is 6.37. The Labute approximate surface area is 192 Å². The fraction of sp³-hybridized carbons (Fsp3) is 1.00. The highest BCUT2D eigenvalue weighted by Gasteiger charge is 2.41. The molecule has 1 rings (SSSR count). The van der Waals surface area contributed by atoms with E-state index in [9.17, 15) is 0 Å². The molecule has 1 aliphatic rings. The van der Waals surface area contributed by atoms with Crippen LogP contribution >= 0.6 is 0 Å². The van der Waals surface area contributed by atoms with E-state index in [0.29, 0.717) is 25.9 Å². The van der Waals surface area contributed by atoms with Crippen molar-refractivity contribution in [1.29, 1.82) is 0 Å². The molecule has 31 heavy (non-hydrogen) atoms. The largest absolute Gasteiger partial charge is 0.379 e. The fourth-order valence-electron chi connectivity index (χ4n) is 3.85. The average molecular weight is 445 g/mol. The lowest BCUT2D eigenvalue weighted by Gasteiger charge is -2.40. The Morgan fingerprint density at radius 2 is 1.19 bits per heavy atom. The molecular formula is C26H52O5. The SMILES string of the molecule is CCCCCCCCC(CCCCOCC1CO1)C(OCCC)(OCCC)OCCC. The molecule has 0 aromatic heterocycles. The van der Waals surface area contributed by atoms with Crippen molar-refractivity contribution in [3.05, 3.63) is 0 Å². The lowest BCUT2D eigenvalue weighted by Crippen LogP contribution is -2.47. The van der Waals surface area contributed by atoms with Gasteiger partial charge < -0.3 is 23.7 Å². The van der Waals surface area contributed by atoms with E-state index in [-0.39, 0.29) is 5.92 Å². The quantitative estimate of drug-likeness (QED) is 0.0923. The van der Waals surface area contributed by atoms with Crippen LogP contribution in [0.4, 0.5) is 0 Å². The van der Waals surface area contributed by atoms with E-state index in [1.807, 2.05) is 0 Å². The molecule has 186 valence electrons. The second kappa shape index (κ2) is 19.3. The van der Waals surface area contributed by atoms with Gasteiger partial charge in [0.05, 0.1) is 33.0 Å². The molecule has 2 unspecified atom stereocenters. The van der Waals surface area contributed by atoms with E-state index >= 15 is 0 Å². The summed E-state index contributed by atoms with van der Waals surface area (Å²) in [5.74, 6) is -0.635. The van der Waals surface area contributed by atoms with Crippen LogP contribution in [0.1, 0.15) is 111 Å². The Bertz CT molecular complexity index is 364. The van der Waals surface area contributed by atoms with Gasteiger partial charge in [-0.3, -0.25) is 0 Å². The van der Waals surface area contributed by atoms with Gasteiger partial charge in [0.25, 0.3) is 5.97 Å². The maximum absolute atomic E-state index is 6.37. The van der Waals surface area contributed by atoms with Crippen molar-refractivity contribution in [2.24, 2.45) is 5.92 Å². The zero-order chi connectivity index (χ0) is 22.6. The van der Waals surface area contributed by atoms with Crippen molar-refractivity contribution in [2.75, 3.05) is 39.6 Å². The molecule has 1 aliphatic heterocycles. The van der Waals surface area contributed by atoms with Gasteiger partial charge in [-0.05, 0) is 38.5 Å². The first-order valence-corrected chi connectivity index (χ1v) is 13.3. The Morgan fingerprint density at radius 3 is 1.71 bits per heavy atom. The summed E-state index contributed by atoms with van der Waals surface area (Å²) < 4.78 is 30.1. The first-order valence-electron chi connectivity index (χ1n) is 13.3. The van der Waals surface area contributed by atoms with Gasteiger partial charge in [0.2, 0.25) is 0 Å². The van der Waals surface area contributed by atoms with Crippen molar-refractivity contribution in [3.63, 3.8) is 0 Å². The molecule has 0 aromatic carbocycles. The Balaban J connectivity index is 2.66. The highest BCUT2D eigenvalue weighted by molar-refractivity contribution is 4.74. The van der Waals surface area contributed by atoms with E-state index in [4.69, 9.17) is 23.7 Å². The Morgan fingerprint density at radius 1 is 0.677 bits per heavy atom. The predicted octanol–water partition coefficient (Wildman–Crippen LogP) is 6.87. The Kier molecular flexibility index (Phi) is 17.9. The van der Waals surface area contributed by atoms with Crippen molar-refractivity contribution in [1.82, 2.24) is 0 Å². The molecule has 5 nitrogen and oxygen atoms in total. The standard InChI is InChI=1S/C26H52O5/c1-5-9-10-11-12-13-16-24(17-14-15-21-27-22-25-23-28-25)26(29-18-6-2,30-19-7-3)31-20-8-4/h24-25H,5-23H2,1-4H3. The predicted molar refractivity (Wildman–Crippen MR) is 127 cm³/mol. The van der Waals surface area contributed by atoms with Crippen LogP contribution in [0.2, 0.25) is 0 Å². The van der Waals surface area contributed by atoms with Crippen LogP contribution in [-0.2, 0) is 23.7 Å². The third kappa shape index (κ3) is 13.8. The number of hydrogen-bond acceptors (Lipinski definition) is 5. The van der Waals surface area contributed by atoms with Crippen molar-refractivity contribution in [3.8, 4) is 0 Å². The molecule has 0 radical (unpaired) electrons. The summed E-state index contributed by atoms with van der Waals surface area (Å²) in [6.45, 7) is 13.1. The minimum atomic E-state index is -0.895. The summed E-state index contributed by atoms with van der Waals surface area (Å²) in [4.78, 5) is 0. The summed E-state index contributed by atoms with van der Waals surface area (Å²) in [6, 6.07) is 0. The normalized spacial score (nSPS) is 17.2. The van der Waals surface area contributed by atoms with Gasteiger partial charge in [-0.1, -0.05) is 72.6 Å². The van der Waals surface area contributed by atoms with Crippen LogP contribution in [0.5, 0.6) is 0 Å². The summed E-state index contributed by atoms with van der Waals surface area (Å²) in [5, 5.41) is 0. The molecule has 0 aromatic rings. The zero-order valence-corrected chi connectivity index (χ0v) is 21.1. The molecule has 0 spiro atoms. The minimum Gasteiger partial charge on any atom is -0.379 e. The molecule has 0 N–H and O–H groups in total. The van der Waals surface area contributed by atoms with Crippen LogP contribution in [0.3, 0.4) is 0 Å². The van der Waals surface area contributed by atoms with Gasteiger partial charge in [-0.25, -0.2) is 0 Å². The molecule has 0 aliphatic carbocycles. The third-order valence-corrected chi connectivity index (χ3v) is 5.73. The lowest BCUT2D eigenvalue weighted by atomic mass is 9.92. The van der Waals surface area contributed by atoms with Crippen molar-refractivity contribution in [2.45, 2.75) is 123 Å². The summed E-state index contributed by atoms with van der Waals surface area (Å²) in [5.41, 5.74) is 0. The minimum absolute atomic E-state index is 0.259. The molecular weight excluding hydrogens is 392 g/mol. The second-order valence-corrected chi connectivity index (χ2v) is 8.93. The van der Waals surface area contributed by atoms with E-state index in [1.54, 1.807) is 0 Å². The fourth-order valence-corrected chi connectivity index (χ4v) is 3.85. The van der Waals surface area contributed by atoms with E-state index in [0.717, 1.165) is 64.8 Å². The molecule has 5 heteroatoms. The van der Waals surface area contributed by atoms with Gasteiger partial charge in [0.1, 0.15) is 6.10 Å². The van der Waals surface area contributed by atoms with Crippen LogP contribution in [0, 0.1) is 5.92 Å². The molecule has 0 amide bonds. The average Bonchev–Trinajstić information content (AvgIpc) is 3.61. The monoisotopic (exact) mass is 444 g/mol. The molecule has 0 saturated carbocycles. The van der Waals surface area contributed by atoms with Gasteiger partial charge in [0.15, 0.2) is 0 Å². The molecule has 1 heterocycles. The number of rotatable bonds is 24. The summed E-state index contributed by atoms with van der Waals surface area (Å²) in [6.07, 6.45) is 15.4. The smallest absolute Gasteiger partial charge is 0.285 e. The summed E-state index contributed by atoms with van der Waals surface area (Å²) in [7, 11) is 0. The first-order chi connectivity index (χ1) is 15.2. The number of unbranched alkanes of at least 4 members (excludes halogenated alkanes) is 6.